The molecule has 3 rings (SSSR count). The van der Waals surface area contributed by atoms with Gasteiger partial charge in [0.05, 0.1) is 24.2 Å². The van der Waals surface area contributed by atoms with Crippen molar-refractivity contribution in [2.75, 3.05) is 7.11 Å². The normalized spacial score (nSPS) is 10.9. The summed E-state index contributed by atoms with van der Waals surface area (Å²) in [7, 11) is 1.66. The molecule has 0 aliphatic heterocycles. The second kappa shape index (κ2) is 7.61. The molecule has 120 valence electrons. The van der Waals surface area contributed by atoms with Crippen molar-refractivity contribution in [3.8, 4) is 5.75 Å². The van der Waals surface area contributed by atoms with Crippen molar-refractivity contribution in [1.29, 1.82) is 0 Å². The summed E-state index contributed by atoms with van der Waals surface area (Å²) in [4.78, 5) is 4.53. The van der Waals surface area contributed by atoms with E-state index in [0.29, 0.717) is 17.5 Å². The van der Waals surface area contributed by atoms with E-state index in [9.17, 15) is 0 Å². The Labute approximate surface area is 143 Å². The van der Waals surface area contributed by atoms with Gasteiger partial charge in [0.15, 0.2) is 0 Å². The van der Waals surface area contributed by atoms with Gasteiger partial charge in [-0.2, -0.15) is 0 Å². The predicted octanol–water partition coefficient (Wildman–Crippen LogP) is 3.98. The first-order valence-electron chi connectivity index (χ1n) is 7.28. The van der Waals surface area contributed by atoms with E-state index in [1.807, 2.05) is 24.3 Å². The van der Waals surface area contributed by atoms with Crippen molar-refractivity contribution in [2.24, 2.45) is 0 Å². The molecule has 0 fully saturated rings. The van der Waals surface area contributed by atoms with Gasteiger partial charge in [0, 0.05) is 11.1 Å². The first-order valence-corrected chi connectivity index (χ1v) is 9.14. The largest absolute Gasteiger partial charge is 0.497 e. The quantitative estimate of drug-likeness (QED) is 0.603. The number of aromatic nitrogens is 3. The van der Waals surface area contributed by atoms with Gasteiger partial charge in [-0.15, -0.1) is 21.5 Å². The summed E-state index contributed by atoms with van der Waals surface area (Å²) >= 11 is 3.21. The third kappa shape index (κ3) is 4.33. The van der Waals surface area contributed by atoms with Crippen LogP contribution < -0.4 is 4.74 Å². The maximum absolute atomic E-state index is 5.68. The zero-order valence-electron chi connectivity index (χ0n) is 13.0. The fraction of sp³-hybridized carbons (Fsp3) is 0.312. The molecule has 0 atom stereocenters. The van der Waals surface area contributed by atoms with Gasteiger partial charge >= 0.3 is 0 Å². The Morgan fingerprint density at radius 3 is 2.74 bits per heavy atom. The minimum atomic E-state index is 0.583. The Kier molecular flexibility index (Phi) is 5.30. The Hall–Kier alpha value is -1.86. The molecule has 5 nitrogen and oxygen atoms in total. The van der Waals surface area contributed by atoms with E-state index in [1.54, 1.807) is 18.4 Å². The minimum absolute atomic E-state index is 0.583. The molecule has 2 heterocycles. The number of ether oxygens (including phenoxy) is 1. The Balaban J connectivity index is 1.56. The number of hydrogen-bond acceptors (Lipinski definition) is 7. The van der Waals surface area contributed by atoms with Crippen molar-refractivity contribution >= 4 is 23.1 Å². The topological polar surface area (TPSA) is 61.0 Å². The highest BCUT2D eigenvalue weighted by Crippen LogP contribution is 2.23. The third-order valence-electron chi connectivity index (χ3n) is 3.21. The molecule has 2 aromatic heterocycles. The zero-order chi connectivity index (χ0) is 16.1. The summed E-state index contributed by atoms with van der Waals surface area (Å²) in [6, 6.07) is 7.85. The van der Waals surface area contributed by atoms with E-state index in [1.165, 1.54) is 11.8 Å². The van der Waals surface area contributed by atoms with Gasteiger partial charge in [-0.05, 0) is 24.1 Å². The minimum Gasteiger partial charge on any atom is -0.497 e. The Morgan fingerprint density at radius 2 is 2.04 bits per heavy atom. The molecular formula is C16H17N3O2S2. The summed E-state index contributed by atoms with van der Waals surface area (Å²) in [5, 5.41) is 12.0. The van der Waals surface area contributed by atoms with E-state index in [-0.39, 0.29) is 0 Å². The number of thioether (sulfide) groups is 1. The molecule has 0 unspecified atom stereocenters. The lowest BCUT2D eigenvalue weighted by molar-refractivity contribution is 0.413. The molecule has 7 heteroatoms. The second-order valence-electron chi connectivity index (χ2n) is 4.86. The molecule has 0 saturated heterocycles. The van der Waals surface area contributed by atoms with Gasteiger partial charge < -0.3 is 9.15 Å². The van der Waals surface area contributed by atoms with Crippen molar-refractivity contribution in [2.45, 2.75) is 30.7 Å². The number of rotatable bonds is 7. The van der Waals surface area contributed by atoms with Crippen LogP contribution in [0.4, 0.5) is 0 Å². The average molecular weight is 347 g/mol. The van der Waals surface area contributed by atoms with Crippen LogP contribution in [0.25, 0.3) is 0 Å². The molecule has 23 heavy (non-hydrogen) atoms. The van der Waals surface area contributed by atoms with E-state index in [4.69, 9.17) is 9.15 Å². The highest BCUT2D eigenvalue weighted by Gasteiger charge is 2.09. The number of nitrogens with zero attached hydrogens (tertiary/aromatic N) is 3. The average Bonchev–Trinajstić information content (AvgIpc) is 3.22. The SMILES string of the molecule is CCc1nc(CSc2nnc(Cc3ccc(OC)cc3)o2)cs1. The lowest BCUT2D eigenvalue weighted by Crippen LogP contribution is -1.89. The fourth-order valence-corrected chi connectivity index (χ4v) is 3.52. The van der Waals surface area contributed by atoms with Crippen LogP contribution in [-0.2, 0) is 18.6 Å². The molecule has 0 saturated carbocycles. The number of benzene rings is 1. The molecule has 0 amide bonds. The Bertz CT molecular complexity index is 753. The van der Waals surface area contributed by atoms with Gasteiger partial charge in [0.2, 0.25) is 5.89 Å². The molecule has 0 bridgehead atoms. The summed E-state index contributed by atoms with van der Waals surface area (Å²) in [6.45, 7) is 2.11. The van der Waals surface area contributed by atoms with Crippen LogP contribution in [-0.4, -0.2) is 22.3 Å². The first-order chi connectivity index (χ1) is 11.3. The van der Waals surface area contributed by atoms with Crippen molar-refractivity contribution < 1.29 is 9.15 Å². The van der Waals surface area contributed by atoms with E-state index in [0.717, 1.165) is 34.2 Å². The van der Waals surface area contributed by atoms with Gasteiger partial charge in [0.25, 0.3) is 5.22 Å². The van der Waals surface area contributed by atoms with E-state index < -0.39 is 0 Å². The standard InChI is InChI=1S/C16H17N3O2S2/c1-3-15-17-12(9-22-15)10-23-16-19-18-14(21-16)8-11-4-6-13(20-2)7-5-11/h4-7,9H,3,8,10H2,1-2H3. The molecule has 3 aromatic rings. The van der Waals surface area contributed by atoms with Crippen molar-refractivity contribution in [3.63, 3.8) is 0 Å². The third-order valence-corrected chi connectivity index (χ3v) is 5.10. The maximum Gasteiger partial charge on any atom is 0.276 e. The fourth-order valence-electron chi connectivity index (χ4n) is 2.00. The van der Waals surface area contributed by atoms with Crippen LogP contribution in [0.15, 0.2) is 39.3 Å². The number of aryl methyl sites for hydroxylation is 1. The molecule has 0 radical (unpaired) electrons. The number of hydrogen-bond donors (Lipinski definition) is 0. The molecule has 0 spiro atoms. The van der Waals surface area contributed by atoms with Crippen molar-refractivity contribution in [3.05, 3.63) is 51.8 Å². The van der Waals surface area contributed by atoms with Crippen molar-refractivity contribution in [1.82, 2.24) is 15.2 Å². The summed E-state index contributed by atoms with van der Waals surface area (Å²) in [6.07, 6.45) is 1.59. The highest BCUT2D eigenvalue weighted by molar-refractivity contribution is 7.98. The van der Waals surface area contributed by atoms with E-state index >= 15 is 0 Å². The van der Waals surface area contributed by atoms with Gasteiger partial charge in [-0.25, -0.2) is 4.98 Å². The maximum atomic E-state index is 5.68. The molecule has 1 aromatic carbocycles. The Morgan fingerprint density at radius 1 is 1.22 bits per heavy atom. The van der Waals surface area contributed by atoms with Crippen LogP contribution in [0.2, 0.25) is 0 Å². The molecule has 0 aliphatic rings. The molecule has 0 aliphatic carbocycles. The van der Waals surface area contributed by atoms with Crippen LogP contribution >= 0.6 is 23.1 Å². The summed E-state index contributed by atoms with van der Waals surface area (Å²) in [5.41, 5.74) is 2.17. The van der Waals surface area contributed by atoms with E-state index in [2.05, 4.69) is 27.5 Å². The van der Waals surface area contributed by atoms with Crippen LogP contribution in [0.5, 0.6) is 5.75 Å². The van der Waals surface area contributed by atoms with Crippen LogP contribution in [0.1, 0.15) is 29.1 Å². The van der Waals surface area contributed by atoms with Crippen LogP contribution in [0.3, 0.4) is 0 Å². The smallest absolute Gasteiger partial charge is 0.276 e. The monoisotopic (exact) mass is 347 g/mol. The first kappa shape index (κ1) is 16.0. The van der Waals surface area contributed by atoms with Gasteiger partial charge in [0.1, 0.15) is 5.75 Å². The summed E-state index contributed by atoms with van der Waals surface area (Å²) in [5.74, 6) is 2.20. The van der Waals surface area contributed by atoms with Gasteiger partial charge in [-0.1, -0.05) is 30.8 Å². The predicted molar refractivity (Wildman–Crippen MR) is 91.2 cm³/mol. The number of methoxy groups -OCH3 is 1. The molecule has 0 N–H and O–H groups in total. The summed E-state index contributed by atoms with van der Waals surface area (Å²) < 4.78 is 10.8. The second-order valence-corrected chi connectivity index (χ2v) is 6.73. The lowest BCUT2D eigenvalue weighted by Gasteiger charge is -2.00. The van der Waals surface area contributed by atoms with Gasteiger partial charge in [-0.3, -0.25) is 0 Å². The zero-order valence-corrected chi connectivity index (χ0v) is 14.6. The molecular weight excluding hydrogens is 330 g/mol. The lowest BCUT2D eigenvalue weighted by atomic mass is 10.1. The van der Waals surface area contributed by atoms with Crippen LogP contribution in [0, 0.1) is 0 Å². The number of thiazole rings is 1. The highest BCUT2D eigenvalue weighted by atomic mass is 32.2.